The van der Waals surface area contributed by atoms with Gasteiger partial charge in [-0.3, -0.25) is 4.79 Å². The third-order valence-corrected chi connectivity index (χ3v) is 6.97. The van der Waals surface area contributed by atoms with E-state index < -0.39 is 11.9 Å². The molecule has 1 aliphatic rings. The number of para-hydroxylation sites is 1. The van der Waals surface area contributed by atoms with Gasteiger partial charge in [-0.1, -0.05) is 18.2 Å². The second kappa shape index (κ2) is 10.2. The molecule has 1 fully saturated rings. The number of carbonyl (C=O) groups is 1. The van der Waals surface area contributed by atoms with Crippen LogP contribution in [0.2, 0.25) is 0 Å². The number of halogens is 3. The van der Waals surface area contributed by atoms with Crippen LogP contribution in [0.1, 0.15) is 33.1 Å². The van der Waals surface area contributed by atoms with Crippen molar-refractivity contribution in [1.29, 1.82) is 0 Å². The van der Waals surface area contributed by atoms with Gasteiger partial charge in [0.05, 0.1) is 13.7 Å². The van der Waals surface area contributed by atoms with Crippen LogP contribution >= 0.6 is 0 Å². The summed E-state index contributed by atoms with van der Waals surface area (Å²) < 4.78 is 51.0. The minimum absolute atomic E-state index is 0.00724. The van der Waals surface area contributed by atoms with Crippen molar-refractivity contribution in [3.63, 3.8) is 0 Å². The molecule has 39 heavy (non-hydrogen) atoms. The highest BCUT2D eigenvalue weighted by atomic mass is 19.4. The third kappa shape index (κ3) is 4.89. The van der Waals surface area contributed by atoms with Gasteiger partial charge in [0.1, 0.15) is 17.0 Å². The zero-order valence-corrected chi connectivity index (χ0v) is 21.8. The molecule has 5 rings (SSSR count). The number of benzene rings is 2. The van der Waals surface area contributed by atoms with Crippen molar-refractivity contribution < 1.29 is 27.1 Å². The van der Waals surface area contributed by atoms with Crippen molar-refractivity contribution in [3.05, 3.63) is 70.7 Å². The number of hydrogen-bond acceptors (Lipinski definition) is 7. The van der Waals surface area contributed by atoms with Gasteiger partial charge in [-0.25, -0.2) is 9.97 Å². The topological polar surface area (TPSA) is 97.7 Å². The van der Waals surface area contributed by atoms with Gasteiger partial charge in [0.2, 0.25) is 5.89 Å². The number of anilines is 1. The first-order valence-corrected chi connectivity index (χ1v) is 12.5. The maximum absolute atomic E-state index is 13.5. The number of carbonyl (C=O) groups excluding carboxylic acids is 1. The lowest BCUT2D eigenvalue weighted by atomic mass is 10.1. The molecule has 0 aliphatic carbocycles. The second-order valence-corrected chi connectivity index (χ2v) is 9.42. The highest BCUT2D eigenvalue weighted by Gasteiger charge is 2.33. The van der Waals surface area contributed by atoms with Crippen LogP contribution in [-0.2, 0) is 12.7 Å². The van der Waals surface area contributed by atoms with Gasteiger partial charge in [0.25, 0.3) is 5.91 Å². The summed E-state index contributed by atoms with van der Waals surface area (Å²) in [5.41, 5.74) is 8.88. The van der Waals surface area contributed by atoms with Gasteiger partial charge in [0.15, 0.2) is 11.5 Å². The minimum Gasteiger partial charge on any atom is -0.494 e. The fraction of sp³-hybridized carbons (Fsp3) is 0.321. The lowest BCUT2D eigenvalue weighted by molar-refractivity contribution is -0.140. The highest BCUT2D eigenvalue weighted by molar-refractivity contribution is 5.98. The van der Waals surface area contributed by atoms with Crippen LogP contribution in [0.25, 0.3) is 22.4 Å². The largest absolute Gasteiger partial charge is 0.494 e. The Morgan fingerprint density at radius 1 is 1.03 bits per heavy atom. The van der Waals surface area contributed by atoms with Crippen molar-refractivity contribution in [2.45, 2.75) is 26.6 Å². The van der Waals surface area contributed by atoms with E-state index in [4.69, 9.17) is 14.9 Å². The molecule has 1 saturated heterocycles. The number of nitrogens with zero attached hydrogens (tertiary/aromatic N) is 4. The average Bonchev–Trinajstić information content (AvgIpc) is 3.36. The van der Waals surface area contributed by atoms with Crippen molar-refractivity contribution in [3.8, 4) is 17.2 Å². The summed E-state index contributed by atoms with van der Waals surface area (Å²) in [6.07, 6.45) is -4.62. The highest BCUT2D eigenvalue weighted by Crippen LogP contribution is 2.37. The summed E-state index contributed by atoms with van der Waals surface area (Å²) >= 11 is 0. The molecule has 1 aliphatic heterocycles. The first kappa shape index (κ1) is 26.5. The molecule has 8 nitrogen and oxygen atoms in total. The van der Waals surface area contributed by atoms with E-state index in [1.54, 1.807) is 11.0 Å². The molecular weight excluding hydrogens is 511 g/mol. The van der Waals surface area contributed by atoms with Gasteiger partial charge in [-0.2, -0.15) is 13.2 Å². The Bertz CT molecular complexity index is 1520. The molecule has 2 N–H and O–H groups in total. The summed E-state index contributed by atoms with van der Waals surface area (Å²) in [4.78, 5) is 25.7. The van der Waals surface area contributed by atoms with Gasteiger partial charge in [-0.15, -0.1) is 0 Å². The Hall–Kier alpha value is -4.12. The summed E-state index contributed by atoms with van der Waals surface area (Å²) in [6, 6.07) is 11.5. The Kier molecular flexibility index (Phi) is 6.94. The summed E-state index contributed by atoms with van der Waals surface area (Å²) in [6.45, 7) is 6.40. The van der Waals surface area contributed by atoms with Crippen molar-refractivity contribution >= 4 is 22.5 Å². The Labute approximate surface area is 223 Å². The van der Waals surface area contributed by atoms with E-state index in [0.29, 0.717) is 37.1 Å². The molecule has 1 amide bonds. The van der Waals surface area contributed by atoms with E-state index >= 15 is 0 Å². The van der Waals surface area contributed by atoms with E-state index in [1.807, 2.05) is 6.07 Å². The molecule has 3 heterocycles. The smallest absolute Gasteiger partial charge is 0.433 e. The number of fused-ring (bicyclic) bond motifs is 1. The third-order valence-electron chi connectivity index (χ3n) is 6.97. The number of pyridine rings is 1. The first-order chi connectivity index (χ1) is 18.6. The minimum atomic E-state index is -4.62. The van der Waals surface area contributed by atoms with Gasteiger partial charge in [0, 0.05) is 42.8 Å². The molecule has 4 aromatic rings. The van der Waals surface area contributed by atoms with Crippen molar-refractivity contribution in [2.24, 2.45) is 5.73 Å². The lowest BCUT2D eigenvalue weighted by Crippen LogP contribution is -2.49. The lowest BCUT2D eigenvalue weighted by Gasteiger charge is -2.37. The SMILES string of the molecule is COc1ccc(-c2nc(C(=O)N3CCN(c4c(C)cccc4C)CC3)c(CN)o2)c2ccc(C(F)(F)F)nc12. The fourth-order valence-corrected chi connectivity index (χ4v) is 5.06. The number of ether oxygens (including phenoxy) is 1. The number of hydrogen-bond donors (Lipinski definition) is 1. The summed E-state index contributed by atoms with van der Waals surface area (Å²) in [5.74, 6) is 0.142. The van der Waals surface area contributed by atoms with Crippen LogP contribution in [0, 0.1) is 13.8 Å². The molecule has 2 aromatic heterocycles. The quantitative estimate of drug-likeness (QED) is 0.383. The number of aryl methyl sites for hydroxylation is 2. The van der Waals surface area contributed by atoms with Gasteiger partial charge in [-0.05, 0) is 49.2 Å². The predicted octanol–water partition coefficient (Wildman–Crippen LogP) is 4.96. The molecular formula is C28H28F3N5O3. The van der Waals surface area contributed by atoms with Crippen LogP contribution in [0.5, 0.6) is 5.75 Å². The van der Waals surface area contributed by atoms with E-state index in [-0.39, 0.29) is 41.1 Å². The van der Waals surface area contributed by atoms with Crippen molar-refractivity contribution in [1.82, 2.24) is 14.9 Å². The van der Waals surface area contributed by atoms with Crippen LogP contribution in [0.4, 0.5) is 18.9 Å². The van der Waals surface area contributed by atoms with E-state index in [2.05, 4.69) is 40.8 Å². The summed E-state index contributed by atoms with van der Waals surface area (Å²) in [7, 11) is 1.35. The zero-order valence-electron chi connectivity index (χ0n) is 21.8. The fourth-order valence-electron chi connectivity index (χ4n) is 5.06. The molecule has 0 spiro atoms. The second-order valence-electron chi connectivity index (χ2n) is 9.42. The maximum atomic E-state index is 13.5. The molecule has 0 saturated carbocycles. The zero-order chi connectivity index (χ0) is 27.9. The van der Waals surface area contributed by atoms with Crippen LogP contribution in [-0.4, -0.2) is 54.1 Å². The molecule has 204 valence electrons. The summed E-state index contributed by atoms with van der Waals surface area (Å²) in [5, 5.41) is 0.341. The Morgan fingerprint density at radius 3 is 2.33 bits per heavy atom. The number of nitrogens with two attached hydrogens (primary N) is 1. The molecule has 0 unspecified atom stereocenters. The maximum Gasteiger partial charge on any atom is 0.433 e. The standard InChI is InChI=1S/C28H28F3N5O3/c1-16-5-4-6-17(2)25(16)35-11-13-36(14-12-35)27(37)24-21(15-32)39-26(34-24)19-7-9-20(38-3)23-18(19)8-10-22(33-23)28(29,30)31/h4-10H,11-15,32H2,1-3H3. The number of rotatable bonds is 5. The van der Waals surface area contributed by atoms with Crippen LogP contribution in [0.15, 0.2) is 46.9 Å². The van der Waals surface area contributed by atoms with E-state index in [9.17, 15) is 18.0 Å². The molecule has 0 atom stereocenters. The number of methoxy groups -OCH3 is 1. The number of piperazine rings is 1. The first-order valence-electron chi connectivity index (χ1n) is 12.5. The van der Waals surface area contributed by atoms with Crippen LogP contribution in [0.3, 0.4) is 0 Å². The molecule has 0 radical (unpaired) electrons. The molecule has 2 aromatic carbocycles. The Balaban J connectivity index is 1.44. The van der Waals surface area contributed by atoms with Crippen molar-refractivity contribution in [2.75, 3.05) is 38.2 Å². The monoisotopic (exact) mass is 539 g/mol. The normalized spacial score (nSPS) is 14.2. The number of aromatic nitrogens is 2. The number of oxazole rings is 1. The number of alkyl halides is 3. The molecule has 0 bridgehead atoms. The Morgan fingerprint density at radius 2 is 1.72 bits per heavy atom. The van der Waals surface area contributed by atoms with Gasteiger partial charge >= 0.3 is 6.18 Å². The average molecular weight is 540 g/mol. The van der Waals surface area contributed by atoms with Crippen LogP contribution < -0.4 is 15.4 Å². The predicted molar refractivity (Wildman–Crippen MR) is 141 cm³/mol. The van der Waals surface area contributed by atoms with Gasteiger partial charge < -0.3 is 24.7 Å². The van der Waals surface area contributed by atoms with E-state index in [0.717, 1.165) is 6.07 Å². The van der Waals surface area contributed by atoms with E-state index in [1.165, 1.54) is 36.1 Å². The molecule has 11 heteroatoms. The number of amides is 1.